The third kappa shape index (κ3) is 5.86. The van der Waals surface area contributed by atoms with Gasteiger partial charge < -0.3 is 10.1 Å². The van der Waals surface area contributed by atoms with Crippen LogP contribution in [0, 0.1) is 17.2 Å². The number of halogens is 1. The lowest BCUT2D eigenvalue weighted by molar-refractivity contribution is -0.125. The molecule has 0 aliphatic heterocycles. The Hall–Kier alpha value is -1.38. The number of nitrogens with zero attached hydrogens (tertiary/aromatic N) is 1. The number of methoxy groups -OCH3 is 1. The Bertz CT molecular complexity index is 457. The Balaban J connectivity index is 2.68. The van der Waals surface area contributed by atoms with Crippen LogP contribution in [0.3, 0.4) is 0 Å². The van der Waals surface area contributed by atoms with Gasteiger partial charge in [-0.15, -0.1) is 0 Å². The van der Waals surface area contributed by atoms with Gasteiger partial charge in [-0.2, -0.15) is 5.26 Å². The highest BCUT2D eigenvalue weighted by atomic mass is 79.9. The van der Waals surface area contributed by atoms with E-state index in [9.17, 15) is 4.79 Å². The van der Waals surface area contributed by atoms with E-state index in [0.29, 0.717) is 19.4 Å². The molecule has 0 aromatic heterocycles. The van der Waals surface area contributed by atoms with Crippen molar-refractivity contribution in [2.45, 2.75) is 12.8 Å². The number of ether oxygens (including phenoxy) is 1. The van der Waals surface area contributed by atoms with Crippen molar-refractivity contribution in [2.75, 3.05) is 20.3 Å². The molecule has 0 saturated heterocycles. The van der Waals surface area contributed by atoms with Gasteiger partial charge in [0.25, 0.3) is 0 Å². The molecule has 0 radical (unpaired) electrons. The molecule has 1 aromatic rings. The third-order valence-corrected chi connectivity index (χ3v) is 3.25. The highest BCUT2D eigenvalue weighted by Gasteiger charge is 2.18. The minimum absolute atomic E-state index is 0.0425. The predicted octanol–water partition coefficient (Wildman–Crippen LogP) is 2.28. The van der Waals surface area contributed by atoms with Crippen LogP contribution < -0.4 is 5.32 Å². The van der Waals surface area contributed by atoms with Crippen molar-refractivity contribution in [1.82, 2.24) is 5.32 Å². The highest BCUT2D eigenvalue weighted by Crippen LogP contribution is 2.17. The molecule has 0 spiro atoms. The molecule has 1 amide bonds. The number of hydrogen-bond donors (Lipinski definition) is 1. The van der Waals surface area contributed by atoms with Gasteiger partial charge in [-0.3, -0.25) is 4.79 Å². The first-order valence-corrected chi connectivity index (χ1v) is 6.84. The Labute approximate surface area is 121 Å². The van der Waals surface area contributed by atoms with Gasteiger partial charge in [0, 0.05) is 24.1 Å². The summed E-state index contributed by atoms with van der Waals surface area (Å²) in [6.07, 6.45) is 1.28. The van der Waals surface area contributed by atoms with E-state index in [0.717, 1.165) is 10.0 Å². The van der Waals surface area contributed by atoms with Crippen molar-refractivity contribution in [1.29, 1.82) is 5.26 Å². The van der Waals surface area contributed by atoms with Gasteiger partial charge in [0.1, 0.15) is 6.54 Å². The second kappa shape index (κ2) is 8.68. The van der Waals surface area contributed by atoms with Gasteiger partial charge in [-0.1, -0.05) is 28.1 Å². The average Bonchev–Trinajstić information content (AvgIpc) is 2.40. The van der Waals surface area contributed by atoms with Crippen molar-refractivity contribution in [3.8, 4) is 6.07 Å². The molecular formula is C14H17BrN2O2. The maximum atomic E-state index is 12.0. The van der Waals surface area contributed by atoms with Crippen LogP contribution in [0.5, 0.6) is 0 Å². The summed E-state index contributed by atoms with van der Waals surface area (Å²) in [5.41, 5.74) is 1.09. The van der Waals surface area contributed by atoms with E-state index in [-0.39, 0.29) is 18.4 Å². The minimum Gasteiger partial charge on any atom is -0.385 e. The molecule has 1 N–H and O–H groups in total. The smallest absolute Gasteiger partial charge is 0.224 e. The SMILES string of the molecule is COCC[C@@H](Cc1cccc(Br)c1)C(=O)NCC#N. The van der Waals surface area contributed by atoms with Crippen LogP contribution in [-0.4, -0.2) is 26.2 Å². The van der Waals surface area contributed by atoms with Crippen molar-refractivity contribution >= 4 is 21.8 Å². The first-order valence-electron chi connectivity index (χ1n) is 6.05. The van der Waals surface area contributed by atoms with E-state index in [4.69, 9.17) is 10.00 Å². The van der Waals surface area contributed by atoms with Gasteiger partial charge in [-0.25, -0.2) is 0 Å². The fourth-order valence-corrected chi connectivity index (χ4v) is 2.25. The molecule has 0 fully saturated rings. The Morgan fingerprint density at radius 1 is 1.58 bits per heavy atom. The van der Waals surface area contributed by atoms with Crippen LogP contribution in [-0.2, 0) is 16.0 Å². The fraction of sp³-hybridized carbons (Fsp3) is 0.429. The Morgan fingerprint density at radius 2 is 2.37 bits per heavy atom. The van der Waals surface area contributed by atoms with Crippen LogP contribution in [0.1, 0.15) is 12.0 Å². The fourth-order valence-electron chi connectivity index (χ4n) is 1.81. The van der Waals surface area contributed by atoms with E-state index in [1.807, 2.05) is 30.3 Å². The van der Waals surface area contributed by atoms with E-state index in [1.54, 1.807) is 7.11 Å². The lowest BCUT2D eigenvalue weighted by Crippen LogP contribution is -2.32. The molecule has 19 heavy (non-hydrogen) atoms. The highest BCUT2D eigenvalue weighted by molar-refractivity contribution is 9.10. The van der Waals surface area contributed by atoms with E-state index >= 15 is 0 Å². The molecule has 0 aliphatic rings. The molecule has 0 heterocycles. The van der Waals surface area contributed by atoms with Crippen LogP contribution in [0.25, 0.3) is 0 Å². The summed E-state index contributed by atoms with van der Waals surface area (Å²) in [6, 6.07) is 9.79. The molecule has 0 unspecified atom stereocenters. The Kier molecular flexibility index (Phi) is 7.16. The lowest BCUT2D eigenvalue weighted by Gasteiger charge is -2.15. The molecular weight excluding hydrogens is 308 g/mol. The standard InChI is InChI=1S/C14H17BrN2O2/c1-19-8-5-12(14(18)17-7-6-16)9-11-3-2-4-13(15)10-11/h2-4,10,12H,5,7-9H2,1H3,(H,17,18)/t12-/m0/s1. The van der Waals surface area contributed by atoms with Crippen molar-refractivity contribution in [3.05, 3.63) is 34.3 Å². The summed E-state index contributed by atoms with van der Waals surface area (Å²) in [5.74, 6) is -0.277. The summed E-state index contributed by atoms with van der Waals surface area (Å²) in [6.45, 7) is 0.569. The van der Waals surface area contributed by atoms with Crippen molar-refractivity contribution in [3.63, 3.8) is 0 Å². The normalized spacial score (nSPS) is 11.6. The van der Waals surface area contributed by atoms with E-state index < -0.39 is 0 Å². The second-order valence-electron chi connectivity index (χ2n) is 4.19. The minimum atomic E-state index is -0.178. The summed E-state index contributed by atoms with van der Waals surface area (Å²) in [4.78, 5) is 12.0. The Morgan fingerprint density at radius 3 is 3.00 bits per heavy atom. The van der Waals surface area contributed by atoms with Gasteiger partial charge in [0.15, 0.2) is 0 Å². The van der Waals surface area contributed by atoms with Crippen LogP contribution in [0.2, 0.25) is 0 Å². The predicted molar refractivity (Wildman–Crippen MR) is 76.5 cm³/mol. The monoisotopic (exact) mass is 324 g/mol. The molecule has 102 valence electrons. The molecule has 5 heteroatoms. The molecule has 1 rings (SSSR count). The number of hydrogen-bond acceptors (Lipinski definition) is 3. The number of benzene rings is 1. The van der Waals surface area contributed by atoms with Gasteiger partial charge in [0.05, 0.1) is 6.07 Å². The number of amides is 1. The number of nitrogens with one attached hydrogen (secondary N) is 1. The summed E-state index contributed by atoms with van der Waals surface area (Å²) < 4.78 is 6.03. The van der Waals surface area contributed by atoms with Crippen molar-refractivity contribution < 1.29 is 9.53 Å². The number of carbonyl (C=O) groups is 1. The number of carbonyl (C=O) groups excluding carboxylic acids is 1. The molecule has 0 bridgehead atoms. The third-order valence-electron chi connectivity index (χ3n) is 2.75. The topological polar surface area (TPSA) is 62.1 Å². The molecule has 1 atom stereocenters. The van der Waals surface area contributed by atoms with E-state index in [1.165, 1.54) is 0 Å². The molecule has 1 aromatic carbocycles. The molecule has 0 saturated carbocycles. The summed E-state index contributed by atoms with van der Waals surface area (Å²) >= 11 is 3.42. The zero-order valence-electron chi connectivity index (χ0n) is 10.9. The first-order chi connectivity index (χ1) is 9.17. The summed E-state index contributed by atoms with van der Waals surface area (Å²) in [7, 11) is 1.61. The quantitative estimate of drug-likeness (QED) is 0.783. The van der Waals surface area contributed by atoms with Gasteiger partial charge in [0.2, 0.25) is 5.91 Å². The number of rotatable bonds is 7. The zero-order chi connectivity index (χ0) is 14.1. The number of nitriles is 1. The lowest BCUT2D eigenvalue weighted by atomic mass is 9.95. The molecule has 4 nitrogen and oxygen atoms in total. The largest absolute Gasteiger partial charge is 0.385 e. The average molecular weight is 325 g/mol. The zero-order valence-corrected chi connectivity index (χ0v) is 12.4. The van der Waals surface area contributed by atoms with Gasteiger partial charge in [-0.05, 0) is 30.5 Å². The second-order valence-corrected chi connectivity index (χ2v) is 5.10. The first kappa shape index (κ1) is 15.7. The van der Waals surface area contributed by atoms with Gasteiger partial charge >= 0.3 is 0 Å². The van der Waals surface area contributed by atoms with Crippen LogP contribution >= 0.6 is 15.9 Å². The van der Waals surface area contributed by atoms with Crippen LogP contribution in [0.4, 0.5) is 0 Å². The van der Waals surface area contributed by atoms with E-state index in [2.05, 4.69) is 21.2 Å². The maximum absolute atomic E-state index is 12.0. The maximum Gasteiger partial charge on any atom is 0.224 e. The van der Waals surface area contributed by atoms with Crippen molar-refractivity contribution in [2.24, 2.45) is 5.92 Å². The summed E-state index contributed by atoms with van der Waals surface area (Å²) in [5, 5.41) is 11.1. The molecule has 0 aliphatic carbocycles. The van der Waals surface area contributed by atoms with Crippen LogP contribution in [0.15, 0.2) is 28.7 Å².